The minimum absolute atomic E-state index is 0.0797. The highest BCUT2D eigenvalue weighted by atomic mass is 35.5. The molecule has 2 atom stereocenters. The van der Waals surface area contributed by atoms with Crippen LogP contribution in [0.2, 0.25) is 15.1 Å². The van der Waals surface area contributed by atoms with Crippen molar-refractivity contribution in [3.05, 3.63) is 62.6 Å². The Morgan fingerprint density at radius 3 is 2.17 bits per heavy atom. The first-order valence-electron chi connectivity index (χ1n) is 11.0. The molecule has 2 aromatic carbocycles. The molecule has 0 bridgehead atoms. The number of nitrogens with one attached hydrogen (secondary N) is 1. The molecule has 0 aliphatic rings. The molecule has 0 unspecified atom stereocenters. The van der Waals surface area contributed by atoms with Crippen LogP contribution in [-0.2, 0) is 26.2 Å². The fourth-order valence-corrected chi connectivity index (χ4v) is 5.05. The van der Waals surface area contributed by atoms with Crippen molar-refractivity contribution >= 4 is 62.3 Å². The van der Waals surface area contributed by atoms with Crippen LogP contribution in [0.15, 0.2) is 36.4 Å². The molecule has 0 fully saturated rings. The van der Waals surface area contributed by atoms with Gasteiger partial charge in [0.25, 0.3) is 0 Å². The van der Waals surface area contributed by atoms with Gasteiger partial charge in [-0.15, -0.1) is 0 Å². The van der Waals surface area contributed by atoms with E-state index >= 15 is 0 Å². The van der Waals surface area contributed by atoms with Crippen LogP contribution < -0.4 is 9.62 Å². The van der Waals surface area contributed by atoms with Gasteiger partial charge < -0.3 is 10.2 Å². The van der Waals surface area contributed by atoms with Gasteiger partial charge in [-0.05, 0) is 63.1 Å². The van der Waals surface area contributed by atoms with E-state index in [4.69, 9.17) is 34.8 Å². The first-order valence-corrected chi connectivity index (χ1v) is 14.0. The molecule has 11 heteroatoms. The van der Waals surface area contributed by atoms with Gasteiger partial charge >= 0.3 is 0 Å². The molecule has 0 aliphatic heterocycles. The Morgan fingerprint density at radius 1 is 1.06 bits per heavy atom. The monoisotopic (exact) mass is 561 g/mol. The minimum Gasteiger partial charge on any atom is -0.352 e. The maximum absolute atomic E-state index is 13.6. The number of carbonyl (C=O) groups excluding carboxylic acids is 2. The number of benzene rings is 2. The number of nitrogens with zero attached hydrogens (tertiary/aromatic N) is 2. The lowest BCUT2D eigenvalue weighted by Crippen LogP contribution is -2.52. The Balaban J connectivity index is 2.48. The quantitative estimate of drug-likeness (QED) is 0.439. The van der Waals surface area contributed by atoms with Crippen molar-refractivity contribution in [3.63, 3.8) is 0 Å². The summed E-state index contributed by atoms with van der Waals surface area (Å²) in [5, 5.41) is 3.97. The number of anilines is 1. The first-order chi connectivity index (χ1) is 16.3. The van der Waals surface area contributed by atoms with Crippen LogP contribution >= 0.6 is 34.8 Å². The molecule has 7 nitrogen and oxygen atoms in total. The van der Waals surface area contributed by atoms with Crippen LogP contribution in [0.25, 0.3) is 0 Å². The minimum atomic E-state index is -3.85. The van der Waals surface area contributed by atoms with Crippen LogP contribution in [0.5, 0.6) is 0 Å². The van der Waals surface area contributed by atoms with Crippen LogP contribution in [0.4, 0.5) is 5.69 Å². The molecule has 0 aromatic heterocycles. The number of sulfonamides is 1. The largest absolute Gasteiger partial charge is 0.352 e. The predicted octanol–water partition coefficient (Wildman–Crippen LogP) is 5.05. The van der Waals surface area contributed by atoms with Crippen molar-refractivity contribution < 1.29 is 18.0 Å². The molecular formula is C24H30Cl3N3O4S. The maximum atomic E-state index is 13.6. The van der Waals surface area contributed by atoms with Crippen molar-refractivity contribution in [1.29, 1.82) is 0 Å². The average Bonchev–Trinajstić information content (AvgIpc) is 2.76. The standard InChI is InChI=1S/C24H30Cl3N3O4S/c1-6-16(3)28-24(32)17(4)29(13-19-20(26)8-7-9-21(19)27)23(31)14-30(35(5,33)34)22-11-10-18(25)12-15(22)2/h7-12,16-17H,6,13-14H2,1-5H3,(H,28,32)/t16-,17-/m0/s1. The molecule has 0 saturated heterocycles. The molecule has 0 radical (unpaired) electrons. The Labute approximate surface area is 222 Å². The predicted molar refractivity (Wildman–Crippen MR) is 143 cm³/mol. The number of hydrogen-bond donors (Lipinski definition) is 1. The Morgan fingerprint density at radius 2 is 1.66 bits per heavy atom. The fourth-order valence-electron chi connectivity index (χ4n) is 3.40. The second-order valence-corrected chi connectivity index (χ2v) is 11.6. The molecule has 2 rings (SSSR count). The lowest BCUT2D eigenvalue weighted by molar-refractivity contribution is -0.139. The normalized spacial score (nSPS) is 13.1. The third-order valence-electron chi connectivity index (χ3n) is 5.67. The summed E-state index contributed by atoms with van der Waals surface area (Å²) in [5.41, 5.74) is 1.36. The number of aryl methyl sites for hydroxylation is 1. The van der Waals surface area contributed by atoms with Crippen LogP contribution in [0.1, 0.15) is 38.3 Å². The van der Waals surface area contributed by atoms with E-state index in [9.17, 15) is 18.0 Å². The van der Waals surface area contributed by atoms with Crippen molar-refractivity contribution in [2.75, 3.05) is 17.1 Å². The van der Waals surface area contributed by atoms with Gasteiger partial charge in [-0.2, -0.15) is 0 Å². The Kier molecular flexibility index (Phi) is 10.3. The zero-order valence-electron chi connectivity index (χ0n) is 20.3. The van der Waals surface area contributed by atoms with E-state index in [0.717, 1.165) is 10.6 Å². The molecule has 0 aliphatic carbocycles. The third-order valence-corrected chi connectivity index (χ3v) is 7.73. The molecule has 192 valence electrons. The van der Waals surface area contributed by atoms with Gasteiger partial charge in [0.05, 0.1) is 11.9 Å². The summed E-state index contributed by atoms with van der Waals surface area (Å²) in [6, 6.07) is 8.63. The number of rotatable bonds is 10. The molecule has 0 heterocycles. The van der Waals surface area contributed by atoms with E-state index in [1.54, 1.807) is 50.2 Å². The molecule has 0 spiro atoms. The fraction of sp³-hybridized carbons (Fsp3) is 0.417. The summed E-state index contributed by atoms with van der Waals surface area (Å²) in [6.07, 6.45) is 1.73. The topological polar surface area (TPSA) is 86.8 Å². The number of carbonyl (C=O) groups is 2. The van der Waals surface area contributed by atoms with E-state index in [2.05, 4.69) is 5.32 Å². The molecule has 35 heavy (non-hydrogen) atoms. The molecular weight excluding hydrogens is 533 g/mol. The van der Waals surface area contributed by atoms with E-state index < -0.39 is 28.5 Å². The van der Waals surface area contributed by atoms with E-state index in [1.807, 2.05) is 13.8 Å². The summed E-state index contributed by atoms with van der Waals surface area (Å²) in [5.74, 6) is -0.961. The molecule has 0 saturated carbocycles. The lowest BCUT2D eigenvalue weighted by atomic mass is 10.1. The van der Waals surface area contributed by atoms with Gasteiger partial charge in [-0.25, -0.2) is 8.42 Å². The highest BCUT2D eigenvalue weighted by Crippen LogP contribution is 2.28. The Hall–Kier alpha value is -2.00. The van der Waals surface area contributed by atoms with E-state index in [1.165, 1.54) is 4.90 Å². The van der Waals surface area contributed by atoms with Crippen molar-refractivity contribution in [3.8, 4) is 0 Å². The Bertz CT molecular complexity index is 1170. The van der Waals surface area contributed by atoms with Crippen molar-refractivity contribution in [2.24, 2.45) is 0 Å². The van der Waals surface area contributed by atoms with Crippen LogP contribution in [0, 0.1) is 6.92 Å². The zero-order valence-corrected chi connectivity index (χ0v) is 23.4. The number of hydrogen-bond acceptors (Lipinski definition) is 4. The summed E-state index contributed by atoms with van der Waals surface area (Å²) < 4.78 is 26.4. The smallest absolute Gasteiger partial charge is 0.244 e. The molecule has 1 N–H and O–H groups in total. The van der Waals surface area contributed by atoms with Gasteiger partial charge in [-0.3, -0.25) is 13.9 Å². The summed E-state index contributed by atoms with van der Waals surface area (Å²) in [6.45, 7) is 6.47. The maximum Gasteiger partial charge on any atom is 0.244 e. The lowest BCUT2D eigenvalue weighted by Gasteiger charge is -2.32. The first kappa shape index (κ1) is 29.2. The average molecular weight is 563 g/mol. The third kappa shape index (κ3) is 7.74. The van der Waals surface area contributed by atoms with Crippen molar-refractivity contribution in [2.45, 2.75) is 52.7 Å². The summed E-state index contributed by atoms with van der Waals surface area (Å²) in [7, 11) is -3.85. The molecule has 2 amide bonds. The summed E-state index contributed by atoms with van der Waals surface area (Å²) in [4.78, 5) is 27.8. The van der Waals surface area contributed by atoms with Crippen molar-refractivity contribution in [1.82, 2.24) is 10.2 Å². The van der Waals surface area contributed by atoms with Gasteiger partial charge in [0.15, 0.2) is 0 Å². The van der Waals surface area contributed by atoms with Gasteiger partial charge in [0, 0.05) is 33.2 Å². The molecule has 2 aromatic rings. The van der Waals surface area contributed by atoms with Gasteiger partial charge in [0.1, 0.15) is 12.6 Å². The number of amides is 2. The zero-order chi connectivity index (χ0) is 26.5. The van der Waals surface area contributed by atoms with Crippen LogP contribution in [-0.4, -0.2) is 50.0 Å². The van der Waals surface area contributed by atoms with Crippen LogP contribution in [0.3, 0.4) is 0 Å². The SMILES string of the molecule is CC[C@H](C)NC(=O)[C@H](C)N(Cc1c(Cl)cccc1Cl)C(=O)CN(c1ccc(Cl)cc1C)S(C)(=O)=O. The second kappa shape index (κ2) is 12.3. The van der Waals surface area contributed by atoms with E-state index in [-0.39, 0.29) is 18.5 Å². The van der Waals surface area contributed by atoms with E-state index in [0.29, 0.717) is 38.3 Å². The van der Waals surface area contributed by atoms with Gasteiger partial charge in [0.2, 0.25) is 21.8 Å². The van der Waals surface area contributed by atoms with Gasteiger partial charge in [-0.1, -0.05) is 47.8 Å². The highest BCUT2D eigenvalue weighted by molar-refractivity contribution is 7.92. The second-order valence-electron chi connectivity index (χ2n) is 8.42. The highest BCUT2D eigenvalue weighted by Gasteiger charge is 2.31. The number of halogens is 3. The summed E-state index contributed by atoms with van der Waals surface area (Å²) >= 11 is 18.7.